The van der Waals surface area contributed by atoms with Crippen molar-refractivity contribution >= 4 is 5.91 Å². The number of carbonyl (C=O) groups excluding carboxylic acids is 1. The Morgan fingerprint density at radius 2 is 1.78 bits per heavy atom. The van der Waals surface area contributed by atoms with E-state index in [1.54, 1.807) is 12.1 Å². The van der Waals surface area contributed by atoms with E-state index in [-0.39, 0.29) is 18.5 Å². The highest BCUT2D eigenvalue weighted by molar-refractivity contribution is 5.88. The van der Waals surface area contributed by atoms with Crippen LogP contribution in [0, 0.1) is 5.82 Å². The minimum atomic E-state index is -0.666. The van der Waals surface area contributed by atoms with Gasteiger partial charge in [-0.2, -0.15) is 0 Å². The molecule has 0 radical (unpaired) electrons. The largest absolute Gasteiger partial charge is 0.454 e. The van der Waals surface area contributed by atoms with Crippen LogP contribution in [0.5, 0.6) is 11.5 Å². The molecule has 2 aliphatic rings. The zero-order valence-corrected chi connectivity index (χ0v) is 15.0. The van der Waals surface area contributed by atoms with Crippen LogP contribution in [0.15, 0.2) is 42.5 Å². The molecule has 0 bridgehead atoms. The molecule has 1 amide bonds. The smallest absolute Gasteiger partial charge is 0.231 e. The molecule has 1 fully saturated rings. The van der Waals surface area contributed by atoms with Crippen LogP contribution in [-0.2, 0) is 21.4 Å². The van der Waals surface area contributed by atoms with Crippen LogP contribution in [-0.4, -0.2) is 32.5 Å². The van der Waals surface area contributed by atoms with Gasteiger partial charge < -0.3 is 19.5 Å². The van der Waals surface area contributed by atoms with Gasteiger partial charge in [0.15, 0.2) is 11.5 Å². The third kappa shape index (κ3) is 3.62. The summed E-state index contributed by atoms with van der Waals surface area (Å²) in [6, 6.07) is 12.0. The highest BCUT2D eigenvalue weighted by atomic mass is 19.1. The molecule has 2 aliphatic heterocycles. The fraction of sp³-hybridized carbons (Fsp3) is 0.381. The topological polar surface area (TPSA) is 56.8 Å². The standard InChI is InChI=1S/C21H22FNO4/c22-17-4-2-16(3-5-17)21(8-11-25-12-9-21)20(24)23-10-7-15-1-6-18-19(13-15)27-14-26-18/h1-6,13H,7-12,14H2,(H,23,24). The molecule has 2 aromatic carbocycles. The number of rotatable bonds is 5. The Kier molecular flexibility index (Phi) is 4.99. The summed E-state index contributed by atoms with van der Waals surface area (Å²) < 4.78 is 29.5. The van der Waals surface area contributed by atoms with Crippen LogP contribution in [0.1, 0.15) is 24.0 Å². The summed E-state index contributed by atoms with van der Waals surface area (Å²) >= 11 is 0. The zero-order chi connectivity index (χ0) is 18.7. The number of ether oxygens (including phenoxy) is 3. The van der Waals surface area contributed by atoms with E-state index in [9.17, 15) is 9.18 Å². The second-order valence-electron chi connectivity index (χ2n) is 6.89. The van der Waals surface area contributed by atoms with E-state index in [0.717, 1.165) is 22.6 Å². The molecule has 2 aromatic rings. The van der Waals surface area contributed by atoms with Gasteiger partial charge in [0.1, 0.15) is 5.82 Å². The van der Waals surface area contributed by atoms with Crippen molar-refractivity contribution in [1.29, 1.82) is 0 Å². The molecule has 1 saturated heterocycles. The van der Waals surface area contributed by atoms with E-state index in [0.29, 0.717) is 39.0 Å². The number of fused-ring (bicyclic) bond motifs is 1. The average molecular weight is 371 g/mol. The Balaban J connectivity index is 1.43. The summed E-state index contributed by atoms with van der Waals surface area (Å²) in [6.07, 6.45) is 1.88. The molecule has 0 saturated carbocycles. The predicted molar refractivity (Wildman–Crippen MR) is 97.4 cm³/mol. The van der Waals surface area contributed by atoms with Crippen molar-refractivity contribution in [2.24, 2.45) is 0 Å². The normalized spacial score (nSPS) is 17.5. The Labute approximate surface area is 157 Å². The first-order chi connectivity index (χ1) is 13.2. The Bertz CT molecular complexity index is 815. The zero-order valence-electron chi connectivity index (χ0n) is 15.0. The van der Waals surface area contributed by atoms with Gasteiger partial charge in [0.25, 0.3) is 0 Å². The van der Waals surface area contributed by atoms with Crippen molar-refractivity contribution in [2.45, 2.75) is 24.7 Å². The fourth-order valence-electron chi connectivity index (χ4n) is 3.72. The van der Waals surface area contributed by atoms with E-state index < -0.39 is 5.41 Å². The third-order valence-corrected chi connectivity index (χ3v) is 5.31. The summed E-state index contributed by atoms with van der Waals surface area (Å²) in [5.74, 6) is 1.16. The molecule has 5 nitrogen and oxygen atoms in total. The second kappa shape index (κ2) is 7.56. The molecule has 2 heterocycles. The van der Waals surface area contributed by atoms with Gasteiger partial charge in [0.05, 0.1) is 5.41 Å². The van der Waals surface area contributed by atoms with E-state index >= 15 is 0 Å². The summed E-state index contributed by atoms with van der Waals surface area (Å²) in [6.45, 7) is 1.81. The molecule has 27 heavy (non-hydrogen) atoms. The first kappa shape index (κ1) is 17.8. The molecule has 0 aromatic heterocycles. The van der Waals surface area contributed by atoms with Crippen molar-refractivity contribution in [3.63, 3.8) is 0 Å². The Morgan fingerprint density at radius 1 is 1.04 bits per heavy atom. The van der Waals surface area contributed by atoms with Crippen molar-refractivity contribution in [3.05, 3.63) is 59.4 Å². The third-order valence-electron chi connectivity index (χ3n) is 5.31. The van der Waals surface area contributed by atoms with Crippen LogP contribution >= 0.6 is 0 Å². The van der Waals surface area contributed by atoms with E-state index in [1.165, 1.54) is 12.1 Å². The minimum absolute atomic E-state index is 0.0295. The lowest BCUT2D eigenvalue weighted by molar-refractivity contribution is -0.130. The molecule has 1 N–H and O–H groups in total. The monoisotopic (exact) mass is 371 g/mol. The lowest BCUT2D eigenvalue weighted by Crippen LogP contribution is -2.48. The van der Waals surface area contributed by atoms with Gasteiger partial charge in [0.2, 0.25) is 12.7 Å². The Hall–Kier alpha value is -2.60. The lowest BCUT2D eigenvalue weighted by Gasteiger charge is -2.36. The van der Waals surface area contributed by atoms with E-state index in [2.05, 4.69) is 5.32 Å². The van der Waals surface area contributed by atoms with Gasteiger partial charge in [0, 0.05) is 19.8 Å². The SMILES string of the molecule is O=C(NCCc1ccc2c(c1)OCO2)C1(c2ccc(F)cc2)CCOCC1. The maximum atomic E-state index is 13.3. The van der Waals surface area contributed by atoms with Gasteiger partial charge in [-0.15, -0.1) is 0 Å². The van der Waals surface area contributed by atoms with Crippen LogP contribution in [0.25, 0.3) is 0 Å². The van der Waals surface area contributed by atoms with Crippen molar-refractivity contribution in [1.82, 2.24) is 5.32 Å². The predicted octanol–water partition coefficient (Wildman–Crippen LogP) is 2.96. The number of hydrogen-bond acceptors (Lipinski definition) is 4. The quantitative estimate of drug-likeness (QED) is 0.878. The van der Waals surface area contributed by atoms with Gasteiger partial charge in [-0.05, 0) is 54.7 Å². The number of hydrogen-bond donors (Lipinski definition) is 1. The second-order valence-corrected chi connectivity index (χ2v) is 6.89. The number of amides is 1. The van der Waals surface area contributed by atoms with Gasteiger partial charge in [-0.3, -0.25) is 4.79 Å². The van der Waals surface area contributed by atoms with Crippen LogP contribution in [0.2, 0.25) is 0 Å². The first-order valence-electron chi connectivity index (χ1n) is 9.18. The molecule has 4 rings (SSSR count). The van der Waals surface area contributed by atoms with Gasteiger partial charge in [-0.25, -0.2) is 4.39 Å². The van der Waals surface area contributed by atoms with Crippen molar-refractivity contribution < 1.29 is 23.4 Å². The number of benzene rings is 2. The number of carbonyl (C=O) groups is 1. The molecule has 6 heteroatoms. The van der Waals surface area contributed by atoms with Crippen LogP contribution < -0.4 is 14.8 Å². The fourth-order valence-corrected chi connectivity index (χ4v) is 3.72. The summed E-state index contributed by atoms with van der Waals surface area (Å²) in [5.41, 5.74) is 1.25. The van der Waals surface area contributed by atoms with E-state index in [4.69, 9.17) is 14.2 Å². The van der Waals surface area contributed by atoms with Gasteiger partial charge >= 0.3 is 0 Å². The molecule has 0 spiro atoms. The summed E-state index contributed by atoms with van der Waals surface area (Å²) in [7, 11) is 0. The minimum Gasteiger partial charge on any atom is -0.454 e. The maximum Gasteiger partial charge on any atom is 0.231 e. The maximum absolute atomic E-state index is 13.3. The molecular weight excluding hydrogens is 349 g/mol. The van der Waals surface area contributed by atoms with E-state index in [1.807, 2.05) is 18.2 Å². The van der Waals surface area contributed by atoms with Gasteiger partial charge in [-0.1, -0.05) is 18.2 Å². The van der Waals surface area contributed by atoms with Crippen LogP contribution in [0.3, 0.4) is 0 Å². The highest BCUT2D eigenvalue weighted by Crippen LogP contribution is 2.35. The lowest BCUT2D eigenvalue weighted by atomic mass is 9.73. The number of halogens is 1. The van der Waals surface area contributed by atoms with Crippen molar-refractivity contribution in [3.8, 4) is 11.5 Å². The first-order valence-corrected chi connectivity index (χ1v) is 9.18. The molecular formula is C21H22FNO4. The molecule has 0 aliphatic carbocycles. The van der Waals surface area contributed by atoms with Crippen LogP contribution in [0.4, 0.5) is 4.39 Å². The highest BCUT2D eigenvalue weighted by Gasteiger charge is 2.41. The summed E-state index contributed by atoms with van der Waals surface area (Å²) in [5, 5.41) is 3.06. The summed E-state index contributed by atoms with van der Waals surface area (Å²) in [4.78, 5) is 13.1. The average Bonchev–Trinajstić information content (AvgIpc) is 3.17. The van der Waals surface area contributed by atoms with Crippen molar-refractivity contribution in [2.75, 3.05) is 26.6 Å². The number of nitrogens with one attached hydrogen (secondary N) is 1. The molecule has 0 atom stereocenters. The molecule has 0 unspecified atom stereocenters. The molecule has 142 valence electrons. The Morgan fingerprint density at radius 3 is 2.56 bits per heavy atom.